The molecule has 0 aliphatic heterocycles. The van der Waals surface area contributed by atoms with Gasteiger partial charge in [-0.3, -0.25) is 10.1 Å². The minimum absolute atomic E-state index is 0.0926. The summed E-state index contributed by atoms with van der Waals surface area (Å²) in [4.78, 5) is 21.8. The minimum Gasteiger partial charge on any atom is -0.493 e. The summed E-state index contributed by atoms with van der Waals surface area (Å²) in [5, 5.41) is 19.5. The predicted octanol–water partition coefficient (Wildman–Crippen LogP) is 2.06. The molecule has 0 saturated carbocycles. The second-order valence-electron chi connectivity index (χ2n) is 4.22. The van der Waals surface area contributed by atoms with Crippen LogP contribution in [0.15, 0.2) is 18.2 Å². The molecule has 0 amide bonds. The normalized spacial score (nSPS) is 10.4. The second kappa shape index (κ2) is 5.35. The molecule has 0 heterocycles. The molecule has 100 valence electrons. The van der Waals surface area contributed by atoms with Crippen molar-refractivity contribution in [1.82, 2.24) is 0 Å². The highest BCUT2D eigenvalue weighted by molar-refractivity contribution is 5.81. The summed E-state index contributed by atoms with van der Waals surface area (Å²) >= 11 is 0. The van der Waals surface area contributed by atoms with E-state index in [4.69, 9.17) is 14.7 Å². The van der Waals surface area contributed by atoms with Crippen molar-refractivity contribution < 1.29 is 19.2 Å². The summed E-state index contributed by atoms with van der Waals surface area (Å²) in [5.74, 6) is -0.730. The first-order valence-corrected chi connectivity index (χ1v) is 5.28. The number of esters is 1. The van der Waals surface area contributed by atoms with Gasteiger partial charge in [-0.25, -0.2) is 4.79 Å². The number of carbonyl (C=O) groups is 1. The third kappa shape index (κ3) is 3.19. The lowest BCUT2D eigenvalue weighted by atomic mass is 9.96. The Morgan fingerprint density at radius 1 is 1.42 bits per heavy atom. The van der Waals surface area contributed by atoms with Crippen molar-refractivity contribution in [3.63, 3.8) is 0 Å². The zero-order chi connectivity index (χ0) is 14.6. The Bertz CT molecular complexity index is 560. The number of hydrogen-bond donors (Lipinski definition) is 0. The molecular formula is C12H12N2O5. The molecule has 0 aliphatic carbocycles. The van der Waals surface area contributed by atoms with Crippen molar-refractivity contribution in [3.8, 4) is 17.6 Å². The van der Waals surface area contributed by atoms with Crippen molar-refractivity contribution in [2.45, 2.75) is 13.8 Å². The molecule has 1 rings (SSSR count). The number of nitrogens with zero attached hydrogens (tertiary/aromatic N) is 2. The summed E-state index contributed by atoms with van der Waals surface area (Å²) in [6.45, 7) is 2.78. The number of rotatable bonds is 4. The largest absolute Gasteiger partial charge is 0.493 e. The zero-order valence-electron chi connectivity index (χ0n) is 10.7. The van der Waals surface area contributed by atoms with E-state index in [9.17, 15) is 14.9 Å². The Hall–Kier alpha value is -2.62. The van der Waals surface area contributed by atoms with Gasteiger partial charge < -0.3 is 9.47 Å². The predicted molar refractivity (Wildman–Crippen MR) is 64.7 cm³/mol. The monoisotopic (exact) mass is 264 g/mol. The third-order valence-electron chi connectivity index (χ3n) is 2.35. The summed E-state index contributed by atoms with van der Waals surface area (Å²) < 4.78 is 9.94. The van der Waals surface area contributed by atoms with Gasteiger partial charge in [0.25, 0.3) is 5.69 Å². The van der Waals surface area contributed by atoms with Gasteiger partial charge in [0, 0.05) is 6.07 Å². The van der Waals surface area contributed by atoms with E-state index in [-0.39, 0.29) is 17.2 Å². The van der Waals surface area contributed by atoms with Crippen molar-refractivity contribution >= 4 is 11.7 Å². The fourth-order valence-corrected chi connectivity index (χ4v) is 1.13. The molecule has 7 heteroatoms. The van der Waals surface area contributed by atoms with Crippen LogP contribution in [0.3, 0.4) is 0 Å². The van der Waals surface area contributed by atoms with Gasteiger partial charge in [-0.2, -0.15) is 5.26 Å². The fraction of sp³-hybridized carbons (Fsp3) is 0.333. The molecule has 0 fully saturated rings. The number of nitro groups is 1. The van der Waals surface area contributed by atoms with Crippen molar-refractivity contribution in [2.75, 3.05) is 7.11 Å². The summed E-state index contributed by atoms with van der Waals surface area (Å²) in [5.41, 5.74) is -1.59. The van der Waals surface area contributed by atoms with Crippen LogP contribution in [0.2, 0.25) is 0 Å². The van der Waals surface area contributed by atoms with Crippen molar-refractivity contribution in [2.24, 2.45) is 5.41 Å². The van der Waals surface area contributed by atoms with E-state index in [0.29, 0.717) is 0 Å². The Kier molecular flexibility index (Phi) is 4.07. The van der Waals surface area contributed by atoms with Crippen LogP contribution in [-0.4, -0.2) is 18.0 Å². The number of non-ortho nitro benzene ring substituents is 1. The summed E-state index contributed by atoms with van der Waals surface area (Å²) in [6, 6.07) is 5.41. The lowest BCUT2D eigenvalue weighted by Gasteiger charge is -2.15. The zero-order valence-corrected chi connectivity index (χ0v) is 10.7. The van der Waals surface area contributed by atoms with E-state index >= 15 is 0 Å². The fourth-order valence-electron chi connectivity index (χ4n) is 1.13. The highest BCUT2D eigenvalue weighted by Gasteiger charge is 2.31. The molecule has 0 saturated heterocycles. The lowest BCUT2D eigenvalue weighted by Crippen LogP contribution is -2.27. The van der Waals surface area contributed by atoms with Crippen LogP contribution >= 0.6 is 0 Å². The van der Waals surface area contributed by atoms with Crippen LogP contribution in [-0.2, 0) is 4.79 Å². The first-order valence-electron chi connectivity index (χ1n) is 5.28. The topological polar surface area (TPSA) is 102 Å². The quantitative estimate of drug-likeness (QED) is 0.357. The van der Waals surface area contributed by atoms with Crippen LogP contribution in [0.1, 0.15) is 13.8 Å². The summed E-state index contributed by atoms with van der Waals surface area (Å²) in [7, 11) is 1.34. The molecule has 1 aromatic carbocycles. The number of nitro benzene ring substituents is 1. The number of benzene rings is 1. The third-order valence-corrected chi connectivity index (χ3v) is 2.35. The van der Waals surface area contributed by atoms with Crippen LogP contribution in [0.5, 0.6) is 11.5 Å². The van der Waals surface area contributed by atoms with E-state index < -0.39 is 16.3 Å². The van der Waals surface area contributed by atoms with E-state index in [1.54, 1.807) is 6.07 Å². The van der Waals surface area contributed by atoms with Gasteiger partial charge in [0.2, 0.25) is 0 Å². The Morgan fingerprint density at radius 2 is 2.05 bits per heavy atom. The Labute approximate surface area is 109 Å². The van der Waals surface area contributed by atoms with Crippen molar-refractivity contribution in [1.29, 1.82) is 5.26 Å². The van der Waals surface area contributed by atoms with Gasteiger partial charge in [-0.1, -0.05) is 0 Å². The smallest absolute Gasteiger partial charge is 0.331 e. The van der Waals surface area contributed by atoms with E-state index in [0.717, 1.165) is 6.07 Å². The molecule has 0 bridgehead atoms. The highest BCUT2D eigenvalue weighted by atomic mass is 16.6. The second-order valence-corrected chi connectivity index (χ2v) is 4.22. The molecule has 0 radical (unpaired) electrons. The standard InChI is InChI=1S/C12H12N2O5/c1-12(2,7-13)11(15)19-10-6-8(14(16)17)4-5-9(10)18-3/h4-6H,1-3H3. The van der Waals surface area contributed by atoms with Crippen molar-refractivity contribution in [3.05, 3.63) is 28.3 Å². The maximum absolute atomic E-state index is 11.7. The molecule has 0 N–H and O–H groups in total. The Morgan fingerprint density at radius 3 is 2.53 bits per heavy atom. The number of methoxy groups -OCH3 is 1. The van der Waals surface area contributed by atoms with Gasteiger partial charge in [-0.05, 0) is 19.9 Å². The van der Waals surface area contributed by atoms with Gasteiger partial charge in [0.05, 0.1) is 24.2 Å². The van der Waals surface area contributed by atoms with E-state index in [1.165, 1.54) is 33.1 Å². The van der Waals surface area contributed by atoms with Gasteiger partial charge >= 0.3 is 5.97 Å². The molecule has 0 aliphatic rings. The molecule has 0 unspecified atom stereocenters. The Balaban J connectivity index is 3.12. The molecular weight excluding hydrogens is 252 g/mol. The van der Waals surface area contributed by atoms with Crippen LogP contribution in [0, 0.1) is 26.9 Å². The molecule has 19 heavy (non-hydrogen) atoms. The molecule has 1 aromatic rings. The molecule has 7 nitrogen and oxygen atoms in total. The van der Waals surface area contributed by atoms with Crippen LogP contribution in [0.4, 0.5) is 5.69 Å². The lowest BCUT2D eigenvalue weighted by molar-refractivity contribution is -0.384. The number of hydrogen-bond acceptors (Lipinski definition) is 6. The van der Waals surface area contributed by atoms with E-state index in [1.807, 2.05) is 0 Å². The molecule has 0 aromatic heterocycles. The first kappa shape index (κ1) is 14.4. The highest BCUT2D eigenvalue weighted by Crippen LogP contribution is 2.32. The summed E-state index contributed by atoms with van der Waals surface area (Å²) in [6.07, 6.45) is 0. The van der Waals surface area contributed by atoms with Gasteiger partial charge in [0.1, 0.15) is 5.41 Å². The van der Waals surface area contributed by atoms with E-state index in [2.05, 4.69) is 0 Å². The average molecular weight is 264 g/mol. The number of ether oxygens (including phenoxy) is 2. The maximum atomic E-state index is 11.7. The first-order chi connectivity index (χ1) is 8.81. The van der Waals surface area contributed by atoms with Crippen LogP contribution in [0.25, 0.3) is 0 Å². The minimum atomic E-state index is -1.35. The maximum Gasteiger partial charge on any atom is 0.331 e. The van der Waals surface area contributed by atoms with Gasteiger partial charge in [0.15, 0.2) is 11.5 Å². The average Bonchev–Trinajstić information content (AvgIpc) is 2.38. The number of carbonyl (C=O) groups excluding carboxylic acids is 1. The molecule has 0 atom stereocenters. The van der Waals surface area contributed by atoms with Gasteiger partial charge in [-0.15, -0.1) is 0 Å². The number of nitriles is 1. The van der Waals surface area contributed by atoms with Crippen LogP contribution < -0.4 is 9.47 Å². The molecule has 0 spiro atoms. The SMILES string of the molecule is COc1ccc([N+](=O)[O-])cc1OC(=O)C(C)(C)C#N.